The Balaban J connectivity index is 2.16. The molecular formula is C17H20F3N3O6S2. The highest BCUT2D eigenvalue weighted by Gasteiger charge is 2.39. The highest BCUT2D eigenvalue weighted by Crippen LogP contribution is 2.33. The molecule has 1 aromatic heterocycles. The summed E-state index contributed by atoms with van der Waals surface area (Å²) in [6.07, 6.45) is -3.88. The number of aliphatic hydroxyl groups is 1. The van der Waals surface area contributed by atoms with Gasteiger partial charge in [0.1, 0.15) is 23.3 Å². The molecule has 1 aliphatic rings. The van der Waals surface area contributed by atoms with Gasteiger partial charge in [0.15, 0.2) is 0 Å². The number of hydrogen-bond donors (Lipinski definition) is 3. The van der Waals surface area contributed by atoms with E-state index < -0.39 is 48.3 Å². The summed E-state index contributed by atoms with van der Waals surface area (Å²) in [4.78, 5) is 37.0. The molecule has 2 heterocycles. The van der Waals surface area contributed by atoms with Crippen molar-refractivity contribution in [3.05, 3.63) is 32.6 Å². The summed E-state index contributed by atoms with van der Waals surface area (Å²) in [6.45, 7) is 0.839. The minimum Gasteiger partial charge on any atom is -0.394 e. The van der Waals surface area contributed by atoms with Gasteiger partial charge in [-0.1, -0.05) is 33.4 Å². The maximum absolute atomic E-state index is 12.2. The van der Waals surface area contributed by atoms with E-state index in [0.717, 1.165) is 10.8 Å². The second kappa shape index (κ2) is 11.1. The van der Waals surface area contributed by atoms with Crippen LogP contribution in [0.25, 0.3) is 0 Å². The molecule has 1 unspecified atom stereocenters. The third kappa shape index (κ3) is 7.04. The molecule has 1 saturated heterocycles. The monoisotopic (exact) mass is 483 g/mol. The topological polar surface area (TPSA) is 123 Å². The summed E-state index contributed by atoms with van der Waals surface area (Å²) in [6, 6.07) is 0. The van der Waals surface area contributed by atoms with Crippen LogP contribution in [0, 0.1) is 11.8 Å². The molecular weight excluding hydrogens is 463 g/mol. The third-order valence-electron chi connectivity index (χ3n) is 4.05. The number of aromatic nitrogens is 2. The fourth-order valence-electron chi connectivity index (χ4n) is 2.74. The molecule has 1 amide bonds. The van der Waals surface area contributed by atoms with Gasteiger partial charge in [-0.3, -0.25) is 19.1 Å². The number of nitrogens with zero attached hydrogens (tertiary/aromatic N) is 1. The maximum Gasteiger partial charge on any atom is 0.471 e. The van der Waals surface area contributed by atoms with Gasteiger partial charge < -0.3 is 19.9 Å². The van der Waals surface area contributed by atoms with E-state index in [1.807, 2.05) is 13.2 Å². The van der Waals surface area contributed by atoms with Crippen LogP contribution in [-0.4, -0.2) is 63.8 Å². The Kier molecular flexibility index (Phi) is 9.07. The quantitative estimate of drug-likeness (QED) is 0.293. The van der Waals surface area contributed by atoms with Crippen LogP contribution < -0.4 is 16.6 Å². The fourth-order valence-corrected chi connectivity index (χ4v) is 4.14. The molecule has 0 radical (unpaired) electrons. The van der Waals surface area contributed by atoms with E-state index in [0.29, 0.717) is 0 Å². The summed E-state index contributed by atoms with van der Waals surface area (Å²) >= 11 is 0. The van der Waals surface area contributed by atoms with Gasteiger partial charge in [-0.25, -0.2) is 4.79 Å². The number of amides is 1. The van der Waals surface area contributed by atoms with Crippen LogP contribution in [-0.2, 0) is 14.3 Å². The molecule has 1 aromatic rings. The van der Waals surface area contributed by atoms with Crippen molar-refractivity contribution in [2.24, 2.45) is 0 Å². The first-order valence-electron chi connectivity index (χ1n) is 8.87. The summed E-state index contributed by atoms with van der Waals surface area (Å²) in [5.74, 6) is 2.38. The molecule has 0 spiro atoms. The Hall–Kier alpha value is -1.92. The van der Waals surface area contributed by atoms with Crippen LogP contribution in [0.2, 0.25) is 0 Å². The van der Waals surface area contributed by atoms with Crippen molar-refractivity contribution in [3.8, 4) is 11.8 Å². The number of nitrogens with one attached hydrogen (secondary N) is 2. The van der Waals surface area contributed by atoms with Gasteiger partial charge in [0.2, 0.25) is 0 Å². The van der Waals surface area contributed by atoms with Crippen molar-refractivity contribution >= 4 is 27.5 Å². The zero-order chi connectivity index (χ0) is 23.2. The van der Waals surface area contributed by atoms with E-state index in [-0.39, 0.29) is 24.0 Å². The lowest BCUT2D eigenvalue weighted by Crippen LogP contribution is -2.37. The molecule has 0 saturated carbocycles. The van der Waals surface area contributed by atoms with Crippen LogP contribution in [0.4, 0.5) is 13.2 Å². The summed E-state index contributed by atoms with van der Waals surface area (Å²) in [5.41, 5.74) is -2.03. The van der Waals surface area contributed by atoms with E-state index in [4.69, 9.17) is 9.47 Å². The molecule has 4 atom stereocenters. The number of carbonyl (C=O) groups excluding carboxylic acids is 1. The lowest BCUT2D eigenvalue weighted by atomic mass is 10.2. The predicted molar refractivity (Wildman–Crippen MR) is 108 cm³/mol. The van der Waals surface area contributed by atoms with Gasteiger partial charge in [-0.15, -0.1) is 0 Å². The van der Waals surface area contributed by atoms with Gasteiger partial charge in [0, 0.05) is 12.6 Å². The van der Waals surface area contributed by atoms with E-state index in [1.165, 1.54) is 21.6 Å². The Morgan fingerprint density at radius 3 is 2.84 bits per heavy atom. The molecule has 172 valence electrons. The predicted octanol–water partition coefficient (Wildman–Crippen LogP) is 0.589. The lowest BCUT2D eigenvalue weighted by molar-refractivity contribution is -0.173. The van der Waals surface area contributed by atoms with E-state index in [1.54, 1.807) is 5.32 Å². The highest BCUT2D eigenvalue weighted by molar-refractivity contribution is 8.76. The highest BCUT2D eigenvalue weighted by atomic mass is 33.1. The number of aliphatic hydroxyl groups excluding tert-OH is 1. The van der Waals surface area contributed by atoms with Crippen LogP contribution in [0.3, 0.4) is 0 Å². The van der Waals surface area contributed by atoms with E-state index in [2.05, 4.69) is 16.8 Å². The summed E-state index contributed by atoms with van der Waals surface area (Å²) in [5, 5.41) is 11.1. The molecule has 1 fully saturated rings. The van der Waals surface area contributed by atoms with Crippen molar-refractivity contribution in [3.63, 3.8) is 0 Å². The minimum absolute atomic E-state index is 0.197. The van der Waals surface area contributed by atoms with Gasteiger partial charge in [0.05, 0.1) is 19.3 Å². The van der Waals surface area contributed by atoms with Crippen molar-refractivity contribution in [1.82, 2.24) is 14.9 Å². The molecule has 0 aromatic carbocycles. The molecule has 3 N–H and O–H groups in total. The van der Waals surface area contributed by atoms with E-state index in [9.17, 15) is 32.7 Å². The van der Waals surface area contributed by atoms with Crippen molar-refractivity contribution in [1.29, 1.82) is 0 Å². The molecule has 31 heavy (non-hydrogen) atoms. The van der Waals surface area contributed by atoms with Crippen LogP contribution in [0.5, 0.6) is 0 Å². The Morgan fingerprint density at radius 1 is 1.52 bits per heavy atom. The van der Waals surface area contributed by atoms with Crippen LogP contribution in [0.15, 0.2) is 15.8 Å². The van der Waals surface area contributed by atoms with Crippen molar-refractivity contribution in [2.45, 2.75) is 43.4 Å². The van der Waals surface area contributed by atoms with Gasteiger partial charge in [0.25, 0.3) is 5.56 Å². The van der Waals surface area contributed by atoms with Gasteiger partial charge in [-0.2, -0.15) is 13.2 Å². The van der Waals surface area contributed by atoms with Crippen molar-refractivity contribution < 1.29 is 32.5 Å². The average Bonchev–Trinajstić information content (AvgIpc) is 3.08. The summed E-state index contributed by atoms with van der Waals surface area (Å²) in [7, 11) is 2.98. The molecule has 0 aliphatic carbocycles. The standard InChI is InChI=1S/C17H20F3N3O6S2/c1-9(31-30-2)28-11-6-13(29-12(11)8-24)23-7-10(14(25)22-16(23)27)4-3-5-21-15(26)17(18,19)20/h7,9,11-13,24H,5-6,8H2,1-2H3,(H,21,26)(H,22,25,27)/t9-,11?,12+,13+/m0/s1. The number of hydrogen-bond acceptors (Lipinski definition) is 8. The number of aromatic amines is 1. The normalized spacial score (nSPS) is 21.9. The molecule has 1 aliphatic heterocycles. The molecule has 0 bridgehead atoms. The number of H-pyrrole nitrogens is 1. The minimum atomic E-state index is -5.04. The molecule has 14 heteroatoms. The van der Waals surface area contributed by atoms with Crippen LogP contribution in [0.1, 0.15) is 25.1 Å². The largest absolute Gasteiger partial charge is 0.471 e. The number of ether oxygens (including phenoxy) is 2. The van der Waals surface area contributed by atoms with E-state index >= 15 is 0 Å². The fraction of sp³-hybridized carbons (Fsp3) is 0.588. The Labute approximate surface area is 182 Å². The number of carbonyl (C=O) groups is 1. The molecule has 9 nitrogen and oxygen atoms in total. The number of halogens is 3. The SMILES string of the molecule is CSS[C@@H](C)OC1C[C@H](n2cc(C#CCNC(=O)C(F)(F)F)c(=O)[nH]c2=O)O[C@@H]1CO. The second-order valence-corrected chi connectivity index (χ2v) is 9.01. The zero-order valence-corrected chi connectivity index (χ0v) is 18.0. The Bertz CT molecular complexity index is 955. The first-order valence-corrected chi connectivity index (χ1v) is 11.5. The van der Waals surface area contributed by atoms with Crippen LogP contribution >= 0.6 is 21.6 Å². The first kappa shape index (κ1) is 25.3. The average molecular weight is 483 g/mol. The smallest absolute Gasteiger partial charge is 0.394 e. The lowest BCUT2D eigenvalue weighted by Gasteiger charge is -2.20. The zero-order valence-electron chi connectivity index (χ0n) is 16.4. The number of alkyl halides is 3. The second-order valence-electron chi connectivity index (χ2n) is 6.24. The number of rotatable bonds is 7. The summed E-state index contributed by atoms with van der Waals surface area (Å²) < 4.78 is 49.0. The molecule has 2 rings (SSSR count). The van der Waals surface area contributed by atoms with Crippen molar-refractivity contribution in [2.75, 3.05) is 19.4 Å². The Morgan fingerprint density at radius 2 is 2.23 bits per heavy atom. The first-order chi connectivity index (χ1) is 14.6. The maximum atomic E-state index is 12.2. The third-order valence-corrected chi connectivity index (χ3v) is 6.02. The van der Waals surface area contributed by atoms with Gasteiger partial charge >= 0.3 is 17.8 Å². The van der Waals surface area contributed by atoms with Gasteiger partial charge in [-0.05, 0) is 13.2 Å².